The number of likely N-dealkylation sites (N-methyl/N-ethyl adjacent to an activating group) is 1. The molecule has 0 N–H and O–H groups in total. The first-order valence-corrected chi connectivity index (χ1v) is 12.2. The zero-order valence-electron chi connectivity index (χ0n) is 19.8. The summed E-state index contributed by atoms with van der Waals surface area (Å²) >= 11 is 0. The molecule has 6 rings (SSSR count). The maximum absolute atomic E-state index is 12.7. The lowest BCUT2D eigenvalue weighted by molar-refractivity contribution is -0.118. The van der Waals surface area contributed by atoms with Crippen LogP contribution in [0.3, 0.4) is 0 Å². The SMILES string of the molecule is CN1CCn2c(cc3c(-c4cncc(-c5ccc(N6CCCCCC6=O)cc5)c4)ccnc32)C1=O. The van der Waals surface area contributed by atoms with Crippen molar-refractivity contribution in [2.75, 3.05) is 25.0 Å². The van der Waals surface area contributed by atoms with Crippen LogP contribution in [0.15, 0.2) is 61.1 Å². The fraction of sp³-hybridized carbons (Fsp3) is 0.286. The maximum atomic E-state index is 12.7. The van der Waals surface area contributed by atoms with Crippen LogP contribution in [0.4, 0.5) is 5.69 Å². The number of hydrogen-bond donors (Lipinski definition) is 0. The van der Waals surface area contributed by atoms with Crippen LogP contribution < -0.4 is 4.90 Å². The molecule has 35 heavy (non-hydrogen) atoms. The first-order chi connectivity index (χ1) is 17.1. The van der Waals surface area contributed by atoms with Crippen molar-refractivity contribution in [2.45, 2.75) is 32.2 Å². The van der Waals surface area contributed by atoms with Crippen molar-refractivity contribution in [3.8, 4) is 22.3 Å². The van der Waals surface area contributed by atoms with Crippen molar-refractivity contribution in [3.05, 3.63) is 66.7 Å². The van der Waals surface area contributed by atoms with E-state index in [0.717, 1.165) is 71.3 Å². The molecule has 7 heteroatoms. The summed E-state index contributed by atoms with van der Waals surface area (Å²) in [5.41, 5.74) is 6.49. The van der Waals surface area contributed by atoms with E-state index in [2.05, 4.69) is 28.2 Å². The lowest BCUT2D eigenvalue weighted by atomic mass is 10.0. The van der Waals surface area contributed by atoms with Crippen LogP contribution in [0.1, 0.15) is 36.2 Å². The second-order valence-corrected chi connectivity index (χ2v) is 9.37. The highest BCUT2D eigenvalue weighted by molar-refractivity contribution is 6.03. The molecule has 5 heterocycles. The van der Waals surface area contributed by atoms with Gasteiger partial charge >= 0.3 is 0 Å². The van der Waals surface area contributed by atoms with Crippen LogP contribution in [0.2, 0.25) is 0 Å². The third kappa shape index (κ3) is 3.77. The van der Waals surface area contributed by atoms with Gasteiger partial charge in [-0.25, -0.2) is 4.98 Å². The summed E-state index contributed by atoms with van der Waals surface area (Å²) in [5, 5.41) is 0.958. The Kier molecular flexibility index (Phi) is 5.32. The van der Waals surface area contributed by atoms with Gasteiger partial charge in [0.2, 0.25) is 5.91 Å². The summed E-state index contributed by atoms with van der Waals surface area (Å²) < 4.78 is 2.02. The average Bonchev–Trinajstić information content (AvgIpc) is 3.14. The van der Waals surface area contributed by atoms with E-state index in [9.17, 15) is 9.59 Å². The van der Waals surface area contributed by atoms with Gasteiger partial charge in [-0.2, -0.15) is 0 Å². The highest BCUT2D eigenvalue weighted by Gasteiger charge is 2.25. The van der Waals surface area contributed by atoms with Crippen LogP contribution in [-0.2, 0) is 11.3 Å². The molecular formula is C28H27N5O2. The Balaban J connectivity index is 1.35. The number of carbonyl (C=O) groups is 2. The van der Waals surface area contributed by atoms with Crippen molar-refractivity contribution < 1.29 is 9.59 Å². The minimum atomic E-state index is 0.0232. The van der Waals surface area contributed by atoms with Crippen LogP contribution >= 0.6 is 0 Å². The van der Waals surface area contributed by atoms with E-state index in [4.69, 9.17) is 0 Å². The molecule has 1 fully saturated rings. The number of fused-ring (bicyclic) bond motifs is 3. The minimum Gasteiger partial charge on any atom is -0.339 e. The molecule has 2 amide bonds. The molecule has 0 spiro atoms. The van der Waals surface area contributed by atoms with Crippen molar-refractivity contribution >= 4 is 28.5 Å². The van der Waals surface area contributed by atoms with Gasteiger partial charge in [0.05, 0.1) is 0 Å². The van der Waals surface area contributed by atoms with E-state index < -0.39 is 0 Å². The van der Waals surface area contributed by atoms with Gasteiger partial charge in [-0.3, -0.25) is 14.6 Å². The zero-order valence-corrected chi connectivity index (χ0v) is 19.8. The lowest BCUT2D eigenvalue weighted by Crippen LogP contribution is -2.36. The number of carbonyl (C=O) groups excluding carboxylic acids is 2. The fourth-order valence-corrected chi connectivity index (χ4v) is 5.19. The quantitative estimate of drug-likeness (QED) is 0.437. The predicted octanol–water partition coefficient (Wildman–Crippen LogP) is 4.76. The Morgan fingerprint density at radius 1 is 0.829 bits per heavy atom. The first-order valence-electron chi connectivity index (χ1n) is 12.2. The number of anilines is 1. The monoisotopic (exact) mass is 465 g/mol. The number of hydrogen-bond acceptors (Lipinski definition) is 4. The topological polar surface area (TPSA) is 71.3 Å². The van der Waals surface area contributed by atoms with Gasteiger partial charge in [0, 0.05) is 73.9 Å². The number of pyridine rings is 2. The van der Waals surface area contributed by atoms with Gasteiger partial charge in [-0.15, -0.1) is 0 Å². The summed E-state index contributed by atoms with van der Waals surface area (Å²) in [4.78, 5) is 37.9. The number of nitrogens with zero attached hydrogens (tertiary/aromatic N) is 5. The smallest absolute Gasteiger partial charge is 0.270 e. The van der Waals surface area contributed by atoms with Gasteiger partial charge in [-0.05, 0) is 54.3 Å². The van der Waals surface area contributed by atoms with Crippen LogP contribution in [0.25, 0.3) is 33.3 Å². The summed E-state index contributed by atoms with van der Waals surface area (Å²) in [6.45, 7) is 2.20. The molecule has 0 unspecified atom stereocenters. The summed E-state index contributed by atoms with van der Waals surface area (Å²) in [7, 11) is 1.83. The molecule has 0 atom stereocenters. The van der Waals surface area contributed by atoms with Crippen LogP contribution in [-0.4, -0.2) is 51.4 Å². The molecule has 0 aliphatic carbocycles. The fourth-order valence-electron chi connectivity index (χ4n) is 5.19. The number of amides is 2. The van der Waals surface area contributed by atoms with Crippen LogP contribution in [0.5, 0.6) is 0 Å². The largest absolute Gasteiger partial charge is 0.339 e. The minimum absolute atomic E-state index is 0.0232. The third-order valence-electron chi connectivity index (χ3n) is 7.16. The summed E-state index contributed by atoms with van der Waals surface area (Å²) in [6.07, 6.45) is 9.27. The van der Waals surface area contributed by atoms with Gasteiger partial charge in [0.15, 0.2) is 0 Å². The van der Waals surface area contributed by atoms with E-state index in [1.807, 2.05) is 53.2 Å². The third-order valence-corrected chi connectivity index (χ3v) is 7.16. The van der Waals surface area contributed by atoms with Crippen molar-refractivity contribution in [1.82, 2.24) is 19.4 Å². The molecule has 0 saturated carbocycles. The molecule has 176 valence electrons. The van der Waals surface area contributed by atoms with Crippen molar-refractivity contribution in [1.29, 1.82) is 0 Å². The van der Waals surface area contributed by atoms with E-state index >= 15 is 0 Å². The first kappa shape index (κ1) is 21.5. The Morgan fingerprint density at radius 2 is 1.66 bits per heavy atom. The molecule has 2 aliphatic heterocycles. The number of aromatic nitrogens is 3. The molecule has 0 bridgehead atoms. The van der Waals surface area contributed by atoms with Crippen molar-refractivity contribution in [3.63, 3.8) is 0 Å². The Hall–Kier alpha value is -4.00. The molecule has 0 radical (unpaired) electrons. The van der Waals surface area contributed by atoms with E-state index in [1.165, 1.54) is 0 Å². The predicted molar refractivity (Wildman–Crippen MR) is 136 cm³/mol. The average molecular weight is 466 g/mol. The number of rotatable bonds is 3. The van der Waals surface area contributed by atoms with E-state index in [1.54, 1.807) is 11.1 Å². The summed E-state index contributed by atoms with van der Waals surface area (Å²) in [5.74, 6) is 0.232. The molecule has 4 aromatic rings. The van der Waals surface area contributed by atoms with E-state index in [0.29, 0.717) is 18.7 Å². The van der Waals surface area contributed by atoms with Crippen LogP contribution in [0, 0.1) is 0 Å². The molecule has 3 aromatic heterocycles. The normalized spacial score (nSPS) is 16.5. The van der Waals surface area contributed by atoms with Gasteiger partial charge < -0.3 is 14.4 Å². The maximum Gasteiger partial charge on any atom is 0.270 e. The molecule has 7 nitrogen and oxygen atoms in total. The van der Waals surface area contributed by atoms with Gasteiger partial charge in [-0.1, -0.05) is 18.6 Å². The molecule has 2 aliphatic rings. The molecule has 1 saturated heterocycles. The van der Waals surface area contributed by atoms with E-state index in [-0.39, 0.29) is 11.8 Å². The molecular weight excluding hydrogens is 438 g/mol. The second kappa shape index (κ2) is 8.65. The highest BCUT2D eigenvalue weighted by Crippen LogP contribution is 2.33. The Bertz CT molecular complexity index is 1440. The second-order valence-electron chi connectivity index (χ2n) is 9.37. The van der Waals surface area contributed by atoms with Gasteiger partial charge in [0.1, 0.15) is 11.3 Å². The van der Waals surface area contributed by atoms with Gasteiger partial charge in [0.25, 0.3) is 5.91 Å². The molecule has 1 aromatic carbocycles. The standard InChI is InChI=1S/C28H27N5O2/c1-31-13-14-33-25(28(31)35)16-24-23(10-11-30-27(24)33)21-15-20(17-29-18-21)19-6-8-22(9-7-19)32-12-4-2-3-5-26(32)34/h6-11,15-18H,2-5,12-14H2,1H3. The highest BCUT2D eigenvalue weighted by atomic mass is 16.2. The lowest BCUT2D eigenvalue weighted by Gasteiger charge is -2.24. The number of benzene rings is 1. The Morgan fingerprint density at radius 3 is 2.51 bits per heavy atom. The zero-order chi connectivity index (χ0) is 23.9. The Labute approximate surface area is 204 Å². The van der Waals surface area contributed by atoms with Crippen molar-refractivity contribution in [2.24, 2.45) is 0 Å². The summed E-state index contributed by atoms with van der Waals surface area (Å²) in [6, 6.07) is 14.2.